The first-order valence-electron chi connectivity index (χ1n) is 12.7. The summed E-state index contributed by atoms with van der Waals surface area (Å²) < 4.78 is 58.9. The van der Waals surface area contributed by atoms with Crippen LogP contribution >= 0.6 is 0 Å². The summed E-state index contributed by atoms with van der Waals surface area (Å²) in [5, 5.41) is 9.74. The van der Waals surface area contributed by atoms with Crippen LogP contribution in [0, 0.1) is 11.7 Å². The maximum absolute atomic E-state index is 14.3. The van der Waals surface area contributed by atoms with Crippen LogP contribution in [0.4, 0.5) is 17.6 Å². The minimum absolute atomic E-state index is 0.145. The normalized spacial score (nSPS) is 29.3. The third-order valence-electron chi connectivity index (χ3n) is 8.25. The number of fused-ring (bicyclic) bond motifs is 2. The van der Waals surface area contributed by atoms with Gasteiger partial charge in [-0.15, -0.1) is 0 Å². The quantitative estimate of drug-likeness (QED) is 0.502. The van der Waals surface area contributed by atoms with Gasteiger partial charge in [-0.25, -0.2) is 9.37 Å². The molecule has 2 aromatic rings. The molecule has 9 nitrogen and oxygen atoms in total. The molecular weight excluding hydrogens is 508 g/mol. The number of hydrogen-bond donors (Lipinski definition) is 3. The number of rotatable bonds is 5. The standard InChI is InChI=1S/C25H30F4N6O3/c1-38-21-10-17(18(26)12-31-21)19-11-20(34-33-19)23(37)35-15-2-3-16(35)9-13(8-15)22(36)32-14-4-6-24(30,7-5-14)25(27,28)29/h10-16H,2-9,30H2,1H3,(H,32,36)(H,33,34)/t13?,14?,15-,16+,24?. The average Bonchev–Trinajstić information content (AvgIpc) is 3.47. The first kappa shape index (κ1) is 26.4. The van der Waals surface area contributed by atoms with Crippen molar-refractivity contribution in [1.29, 1.82) is 0 Å². The molecule has 2 amide bonds. The molecule has 4 heterocycles. The largest absolute Gasteiger partial charge is 0.481 e. The van der Waals surface area contributed by atoms with E-state index in [0.29, 0.717) is 18.5 Å². The highest BCUT2D eigenvalue weighted by molar-refractivity contribution is 5.94. The molecule has 13 heteroatoms. The summed E-state index contributed by atoms with van der Waals surface area (Å²) in [7, 11) is 1.42. The van der Waals surface area contributed by atoms with Crippen LogP contribution in [0.1, 0.15) is 61.9 Å². The van der Waals surface area contributed by atoms with Crippen molar-refractivity contribution in [1.82, 2.24) is 25.4 Å². The van der Waals surface area contributed by atoms with Crippen LogP contribution in [0.25, 0.3) is 11.3 Å². The number of amides is 2. The lowest BCUT2D eigenvalue weighted by molar-refractivity contribution is -0.194. The number of aromatic amines is 1. The number of alkyl halides is 3. The molecule has 1 unspecified atom stereocenters. The van der Waals surface area contributed by atoms with Crippen LogP contribution < -0.4 is 15.8 Å². The highest BCUT2D eigenvalue weighted by atomic mass is 19.4. The van der Waals surface area contributed by atoms with Crippen molar-refractivity contribution in [3.8, 4) is 17.1 Å². The molecule has 5 rings (SSSR count). The van der Waals surface area contributed by atoms with E-state index in [0.717, 1.165) is 19.0 Å². The molecule has 3 fully saturated rings. The second kappa shape index (κ2) is 9.83. The topological polar surface area (TPSA) is 126 Å². The molecule has 2 aromatic heterocycles. The van der Waals surface area contributed by atoms with E-state index in [-0.39, 0.29) is 78.7 Å². The van der Waals surface area contributed by atoms with Gasteiger partial charge < -0.3 is 20.7 Å². The fourth-order valence-electron chi connectivity index (χ4n) is 6.04. The molecule has 206 valence electrons. The van der Waals surface area contributed by atoms with E-state index in [2.05, 4.69) is 20.5 Å². The number of pyridine rings is 1. The van der Waals surface area contributed by atoms with Crippen LogP contribution in [-0.4, -0.2) is 68.8 Å². The van der Waals surface area contributed by atoms with Gasteiger partial charge in [0.1, 0.15) is 5.54 Å². The average molecular weight is 539 g/mol. The summed E-state index contributed by atoms with van der Waals surface area (Å²) in [5.41, 5.74) is 3.99. The molecule has 1 saturated carbocycles. The number of nitrogens with two attached hydrogens (primary N) is 1. The van der Waals surface area contributed by atoms with Gasteiger partial charge in [-0.3, -0.25) is 14.7 Å². The van der Waals surface area contributed by atoms with Crippen molar-refractivity contribution in [3.05, 3.63) is 29.8 Å². The van der Waals surface area contributed by atoms with Crippen LogP contribution in [0.3, 0.4) is 0 Å². The van der Waals surface area contributed by atoms with Gasteiger partial charge in [-0.2, -0.15) is 18.3 Å². The summed E-state index contributed by atoms with van der Waals surface area (Å²) in [5.74, 6) is -1.16. The zero-order chi connectivity index (χ0) is 27.2. The second-order valence-corrected chi connectivity index (χ2v) is 10.6. The van der Waals surface area contributed by atoms with Crippen LogP contribution in [-0.2, 0) is 4.79 Å². The predicted molar refractivity (Wildman–Crippen MR) is 127 cm³/mol. The van der Waals surface area contributed by atoms with Gasteiger partial charge in [0.15, 0.2) is 11.5 Å². The highest BCUT2D eigenvalue weighted by Crippen LogP contribution is 2.41. The lowest BCUT2D eigenvalue weighted by Gasteiger charge is -2.40. The number of nitrogens with one attached hydrogen (secondary N) is 2. The summed E-state index contributed by atoms with van der Waals surface area (Å²) >= 11 is 0. The molecule has 3 atom stereocenters. The molecule has 4 N–H and O–H groups in total. The van der Waals surface area contributed by atoms with Crippen molar-refractivity contribution >= 4 is 11.8 Å². The third kappa shape index (κ3) is 4.83. The zero-order valence-corrected chi connectivity index (χ0v) is 20.9. The highest BCUT2D eigenvalue weighted by Gasteiger charge is 2.53. The number of methoxy groups -OCH3 is 1. The van der Waals surface area contributed by atoms with Crippen LogP contribution in [0.5, 0.6) is 5.88 Å². The van der Waals surface area contributed by atoms with Gasteiger partial charge in [0.05, 0.1) is 19.0 Å². The number of nitrogens with zero attached hydrogens (tertiary/aromatic N) is 3. The Kier molecular flexibility index (Phi) is 6.82. The summed E-state index contributed by atoms with van der Waals surface area (Å²) in [6.07, 6.45) is -1.08. The fourth-order valence-corrected chi connectivity index (χ4v) is 6.04. The molecule has 38 heavy (non-hydrogen) atoms. The van der Waals surface area contributed by atoms with Crippen molar-refractivity contribution in [2.24, 2.45) is 11.7 Å². The van der Waals surface area contributed by atoms with E-state index in [4.69, 9.17) is 10.5 Å². The maximum atomic E-state index is 14.3. The monoisotopic (exact) mass is 538 g/mol. The number of ether oxygens (including phenoxy) is 1. The molecule has 0 aromatic carbocycles. The molecule has 2 bridgehead atoms. The molecule has 0 radical (unpaired) electrons. The van der Waals surface area contributed by atoms with Gasteiger partial charge in [0.2, 0.25) is 11.8 Å². The van der Waals surface area contributed by atoms with Crippen molar-refractivity contribution in [2.45, 2.75) is 81.2 Å². The number of piperidine rings is 1. The second-order valence-electron chi connectivity index (χ2n) is 10.6. The molecular formula is C25H30F4N6O3. The van der Waals surface area contributed by atoms with E-state index in [1.165, 1.54) is 19.2 Å². The lowest BCUT2D eigenvalue weighted by Crippen LogP contribution is -2.58. The number of H-pyrrole nitrogens is 1. The minimum atomic E-state index is -4.46. The molecule has 3 aliphatic rings. The Labute approximate surface area is 216 Å². The SMILES string of the molecule is COc1cc(-c2cc(C(=O)N3[C@@H]4CC[C@H]3CC(C(=O)NC3CCC(N)(C(F)(F)F)CC3)C4)n[nH]2)c(F)cn1. The Morgan fingerprint density at radius 3 is 2.42 bits per heavy atom. The van der Waals surface area contributed by atoms with E-state index in [1.807, 2.05) is 0 Å². The minimum Gasteiger partial charge on any atom is -0.481 e. The molecule has 2 aliphatic heterocycles. The van der Waals surface area contributed by atoms with E-state index in [1.54, 1.807) is 4.90 Å². The Hall–Kier alpha value is -3.22. The van der Waals surface area contributed by atoms with Gasteiger partial charge in [-0.1, -0.05) is 0 Å². The van der Waals surface area contributed by atoms with Crippen molar-refractivity contribution < 1.29 is 31.9 Å². The Bertz CT molecular complexity index is 1200. The Morgan fingerprint density at radius 1 is 1.16 bits per heavy atom. The van der Waals surface area contributed by atoms with Crippen molar-refractivity contribution in [2.75, 3.05) is 7.11 Å². The van der Waals surface area contributed by atoms with Gasteiger partial charge in [0.25, 0.3) is 5.91 Å². The molecule has 2 saturated heterocycles. The van der Waals surface area contributed by atoms with Gasteiger partial charge in [-0.05, 0) is 57.4 Å². The molecule has 0 spiro atoms. The first-order chi connectivity index (χ1) is 18.0. The Balaban J connectivity index is 1.20. The maximum Gasteiger partial charge on any atom is 0.406 e. The number of carbonyl (C=O) groups is 2. The number of aromatic nitrogens is 3. The summed E-state index contributed by atoms with van der Waals surface area (Å²) in [6.45, 7) is 0. The van der Waals surface area contributed by atoms with E-state index >= 15 is 0 Å². The Morgan fingerprint density at radius 2 is 1.82 bits per heavy atom. The number of hydrogen-bond acceptors (Lipinski definition) is 6. The van der Waals surface area contributed by atoms with Crippen LogP contribution in [0.2, 0.25) is 0 Å². The van der Waals surface area contributed by atoms with E-state index in [9.17, 15) is 27.2 Å². The first-order valence-corrected chi connectivity index (χ1v) is 12.7. The van der Waals surface area contributed by atoms with Gasteiger partial charge in [0, 0.05) is 35.7 Å². The number of carbonyl (C=O) groups excluding carboxylic acids is 2. The molecule has 1 aliphatic carbocycles. The number of halogens is 4. The van der Waals surface area contributed by atoms with Gasteiger partial charge >= 0.3 is 6.18 Å². The van der Waals surface area contributed by atoms with Crippen LogP contribution in [0.15, 0.2) is 18.3 Å². The zero-order valence-electron chi connectivity index (χ0n) is 20.9. The smallest absolute Gasteiger partial charge is 0.406 e. The van der Waals surface area contributed by atoms with E-state index < -0.39 is 17.5 Å². The fraction of sp³-hybridized carbons (Fsp3) is 0.600. The summed E-state index contributed by atoms with van der Waals surface area (Å²) in [6, 6.07) is 2.26. The third-order valence-corrected chi connectivity index (χ3v) is 8.25. The van der Waals surface area contributed by atoms with Crippen molar-refractivity contribution in [3.63, 3.8) is 0 Å². The predicted octanol–water partition coefficient (Wildman–Crippen LogP) is 3.32. The lowest BCUT2D eigenvalue weighted by atomic mass is 9.79. The summed E-state index contributed by atoms with van der Waals surface area (Å²) in [4.78, 5) is 31.9.